The van der Waals surface area contributed by atoms with Crippen LogP contribution in [0.25, 0.3) is 0 Å². The van der Waals surface area contributed by atoms with E-state index >= 15 is 0 Å². The van der Waals surface area contributed by atoms with Gasteiger partial charge in [-0.1, -0.05) is 12.1 Å². The van der Waals surface area contributed by atoms with Crippen LogP contribution in [0, 0.1) is 13.8 Å². The Bertz CT molecular complexity index is 905. The van der Waals surface area contributed by atoms with Crippen LogP contribution in [-0.4, -0.2) is 36.3 Å². The van der Waals surface area contributed by atoms with Crippen LogP contribution in [-0.2, 0) is 4.79 Å². The summed E-state index contributed by atoms with van der Waals surface area (Å²) in [5, 5.41) is 2.73. The number of rotatable bonds is 5. The number of anilines is 1. The molecule has 1 aliphatic rings. The largest absolute Gasteiger partial charge is 0.493 e. The highest BCUT2D eigenvalue weighted by atomic mass is 16.5. The molecule has 2 aromatic rings. The maximum atomic E-state index is 12.1. The number of nitrogens with zero attached hydrogens (tertiary/aromatic N) is 1. The molecule has 6 heteroatoms. The topological polar surface area (TPSA) is 75.7 Å². The number of ether oxygens (including phenoxy) is 1. The van der Waals surface area contributed by atoms with E-state index in [-0.39, 0.29) is 30.7 Å². The zero-order valence-electron chi connectivity index (χ0n) is 15.0. The lowest BCUT2D eigenvalue weighted by atomic mass is 10.1. The minimum absolute atomic E-state index is 0.178. The fraction of sp³-hybridized carbons (Fsp3) is 0.250. The first-order chi connectivity index (χ1) is 12.4. The lowest BCUT2D eigenvalue weighted by Gasteiger charge is -2.11. The number of amides is 3. The van der Waals surface area contributed by atoms with Crippen LogP contribution in [0.1, 0.15) is 38.3 Å². The van der Waals surface area contributed by atoms with E-state index in [9.17, 15) is 14.4 Å². The van der Waals surface area contributed by atoms with Crippen molar-refractivity contribution >= 4 is 23.4 Å². The Morgan fingerprint density at radius 2 is 1.81 bits per heavy atom. The lowest BCUT2D eigenvalue weighted by molar-refractivity contribution is -0.116. The molecule has 0 atom stereocenters. The van der Waals surface area contributed by atoms with E-state index in [1.165, 1.54) is 13.1 Å². The van der Waals surface area contributed by atoms with Crippen LogP contribution in [0.3, 0.4) is 0 Å². The monoisotopic (exact) mass is 352 g/mol. The van der Waals surface area contributed by atoms with Gasteiger partial charge < -0.3 is 10.1 Å². The smallest absolute Gasteiger partial charge is 0.261 e. The Morgan fingerprint density at radius 3 is 2.58 bits per heavy atom. The summed E-state index contributed by atoms with van der Waals surface area (Å²) in [6, 6.07) is 10.5. The van der Waals surface area contributed by atoms with E-state index in [4.69, 9.17) is 4.74 Å². The van der Waals surface area contributed by atoms with E-state index in [1.54, 1.807) is 12.1 Å². The molecule has 6 nitrogen and oxygen atoms in total. The fourth-order valence-electron chi connectivity index (χ4n) is 2.80. The molecule has 0 fully saturated rings. The van der Waals surface area contributed by atoms with Crippen LogP contribution in [0.5, 0.6) is 5.75 Å². The highest BCUT2D eigenvalue weighted by molar-refractivity contribution is 6.21. The maximum Gasteiger partial charge on any atom is 0.261 e. The predicted octanol–water partition coefficient (Wildman–Crippen LogP) is 2.94. The second kappa shape index (κ2) is 7.00. The molecule has 3 amide bonds. The summed E-state index contributed by atoms with van der Waals surface area (Å²) in [6.45, 7) is 4.23. The van der Waals surface area contributed by atoms with Gasteiger partial charge >= 0.3 is 0 Å². The van der Waals surface area contributed by atoms with Crippen molar-refractivity contribution in [3.05, 3.63) is 58.7 Å². The predicted molar refractivity (Wildman–Crippen MR) is 97.5 cm³/mol. The molecule has 0 saturated carbocycles. The molecule has 134 valence electrons. The van der Waals surface area contributed by atoms with Crippen molar-refractivity contribution in [3.8, 4) is 5.75 Å². The third kappa shape index (κ3) is 3.31. The molecule has 0 unspecified atom stereocenters. The van der Waals surface area contributed by atoms with E-state index in [1.807, 2.05) is 32.0 Å². The summed E-state index contributed by atoms with van der Waals surface area (Å²) in [7, 11) is 1.44. The molecule has 0 aliphatic carbocycles. The molecule has 0 aromatic heterocycles. The molecule has 1 heterocycles. The number of imide groups is 1. The van der Waals surface area contributed by atoms with Crippen molar-refractivity contribution in [2.24, 2.45) is 0 Å². The highest BCUT2D eigenvalue weighted by Crippen LogP contribution is 2.25. The molecule has 26 heavy (non-hydrogen) atoms. The number of benzene rings is 2. The first-order valence-electron chi connectivity index (χ1n) is 8.34. The average molecular weight is 352 g/mol. The molecule has 0 saturated heterocycles. The van der Waals surface area contributed by atoms with Crippen LogP contribution < -0.4 is 10.1 Å². The van der Waals surface area contributed by atoms with Gasteiger partial charge in [-0.05, 0) is 49.2 Å². The molecule has 0 radical (unpaired) electrons. The molecule has 1 aliphatic heterocycles. The molecular weight excluding hydrogens is 332 g/mol. The number of aryl methyl sites for hydroxylation is 1. The first-order valence-corrected chi connectivity index (χ1v) is 8.34. The van der Waals surface area contributed by atoms with Gasteiger partial charge in [0.2, 0.25) is 5.91 Å². The third-order valence-electron chi connectivity index (χ3n) is 4.52. The number of nitrogens with one attached hydrogen (secondary N) is 1. The van der Waals surface area contributed by atoms with Crippen molar-refractivity contribution in [2.75, 3.05) is 19.0 Å². The first kappa shape index (κ1) is 17.7. The molecule has 1 N–H and O–H groups in total. The summed E-state index contributed by atoms with van der Waals surface area (Å²) in [4.78, 5) is 37.1. The number of hydrogen-bond donors (Lipinski definition) is 1. The number of carbonyl (C=O) groups excluding carboxylic acids is 3. The highest BCUT2D eigenvalue weighted by Gasteiger charge is 2.32. The number of hydrogen-bond acceptors (Lipinski definition) is 4. The zero-order chi connectivity index (χ0) is 18.8. The van der Waals surface area contributed by atoms with Gasteiger partial charge in [-0.3, -0.25) is 19.3 Å². The van der Waals surface area contributed by atoms with Gasteiger partial charge in [0.25, 0.3) is 11.8 Å². The second-order valence-corrected chi connectivity index (χ2v) is 6.27. The minimum atomic E-state index is -0.362. The molecular formula is C20H20N2O4. The minimum Gasteiger partial charge on any atom is -0.493 e. The van der Waals surface area contributed by atoms with Crippen molar-refractivity contribution in [1.82, 2.24) is 4.90 Å². The molecule has 0 bridgehead atoms. The Hall–Kier alpha value is -3.15. The van der Waals surface area contributed by atoms with Gasteiger partial charge in [0.15, 0.2) is 0 Å². The average Bonchev–Trinajstić information content (AvgIpc) is 2.83. The van der Waals surface area contributed by atoms with E-state index in [0.717, 1.165) is 21.8 Å². The van der Waals surface area contributed by atoms with Crippen LogP contribution >= 0.6 is 0 Å². The van der Waals surface area contributed by atoms with E-state index in [2.05, 4.69) is 5.32 Å². The summed E-state index contributed by atoms with van der Waals surface area (Å²) >= 11 is 0. The van der Waals surface area contributed by atoms with E-state index < -0.39 is 0 Å². The van der Waals surface area contributed by atoms with E-state index in [0.29, 0.717) is 16.8 Å². The van der Waals surface area contributed by atoms with Gasteiger partial charge in [0.05, 0.1) is 24.2 Å². The normalized spacial score (nSPS) is 13.0. The van der Waals surface area contributed by atoms with Crippen LogP contribution in [0.2, 0.25) is 0 Å². The van der Waals surface area contributed by atoms with Crippen LogP contribution in [0.4, 0.5) is 5.69 Å². The SMILES string of the molecule is Cc1cccc(OCCC(=O)Nc2ccc3c(c2)C(=O)N(C)C3=O)c1C. The van der Waals surface area contributed by atoms with Gasteiger partial charge in [0.1, 0.15) is 5.75 Å². The number of carbonyl (C=O) groups is 3. The molecule has 2 aromatic carbocycles. The standard InChI is InChI=1S/C20H20N2O4/c1-12-5-4-6-17(13(12)2)26-10-9-18(23)21-14-7-8-15-16(11-14)20(25)22(3)19(15)24/h4-8,11H,9-10H2,1-3H3,(H,21,23). The number of fused-ring (bicyclic) bond motifs is 1. The zero-order valence-corrected chi connectivity index (χ0v) is 15.0. The van der Waals surface area contributed by atoms with Crippen molar-refractivity contribution < 1.29 is 19.1 Å². The fourth-order valence-corrected chi connectivity index (χ4v) is 2.80. The summed E-state index contributed by atoms with van der Waals surface area (Å²) < 4.78 is 5.68. The van der Waals surface area contributed by atoms with Gasteiger partial charge in [-0.25, -0.2) is 0 Å². The van der Waals surface area contributed by atoms with Crippen molar-refractivity contribution in [1.29, 1.82) is 0 Å². The van der Waals surface area contributed by atoms with Gasteiger partial charge in [0, 0.05) is 12.7 Å². The Morgan fingerprint density at radius 1 is 1.08 bits per heavy atom. The summed E-state index contributed by atoms with van der Waals surface area (Å²) in [5.74, 6) is -0.146. The Balaban J connectivity index is 1.59. The van der Waals surface area contributed by atoms with Crippen molar-refractivity contribution in [2.45, 2.75) is 20.3 Å². The van der Waals surface area contributed by atoms with Crippen LogP contribution in [0.15, 0.2) is 36.4 Å². The Labute approximate surface area is 151 Å². The Kier molecular flexibility index (Phi) is 4.75. The third-order valence-corrected chi connectivity index (χ3v) is 4.52. The summed E-state index contributed by atoms with van der Waals surface area (Å²) in [5.41, 5.74) is 3.33. The second-order valence-electron chi connectivity index (χ2n) is 6.27. The molecule has 3 rings (SSSR count). The maximum absolute atomic E-state index is 12.1. The lowest BCUT2D eigenvalue weighted by Crippen LogP contribution is -2.24. The summed E-state index contributed by atoms with van der Waals surface area (Å²) in [6.07, 6.45) is 0.178. The van der Waals surface area contributed by atoms with Gasteiger partial charge in [-0.2, -0.15) is 0 Å². The molecule has 0 spiro atoms. The van der Waals surface area contributed by atoms with Gasteiger partial charge in [-0.15, -0.1) is 0 Å². The quantitative estimate of drug-likeness (QED) is 0.840. The van der Waals surface area contributed by atoms with Crippen molar-refractivity contribution in [3.63, 3.8) is 0 Å².